The molecule has 0 saturated heterocycles. The summed E-state index contributed by atoms with van der Waals surface area (Å²) in [6.07, 6.45) is 2.14. The van der Waals surface area contributed by atoms with E-state index in [0.29, 0.717) is 18.0 Å². The summed E-state index contributed by atoms with van der Waals surface area (Å²) >= 11 is 1.40. The van der Waals surface area contributed by atoms with Crippen molar-refractivity contribution in [2.24, 2.45) is 0 Å². The van der Waals surface area contributed by atoms with Crippen LogP contribution in [0.3, 0.4) is 0 Å². The second kappa shape index (κ2) is 9.64. The van der Waals surface area contributed by atoms with E-state index in [9.17, 15) is 9.59 Å². The molecule has 138 valence electrons. The molecule has 0 saturated carbocycles. The van der Waals surface area contributed by atoms with Gasteiger partial charge in [-0.15, -0.1) is 11.3 Å². The van der Waals surface area contributed by atoms with Crippen LogP contribution in [0.4, 0.5) is 0 Å². The van der Waals surface area contributed by atoms with Crippen molar-refractivity contribution in [1.29, 1.82) is 0 Å². The Hall–Kier alpha value is -2.99. The molecule has 0 radical (unpaired) electrons. The quantitative estimate of drug-likeness (QED) is 0.570. The molecule has 0 aliphatic rings. The number of pyridine rings is 1. The highest BCUT2D eigenvalue weighted by Gasteiger charge is 2.10. The molecule has 3 aromatic rings. The van der Waals surface area contributed by atoms with Crippen molar-refractivity contribution in [1.82, 2.24) is 10.3 Å². The van der Waals surface area contributed by atoms with Crippen LogP contribution >= 0.6 is 11.3 Å². The van der Waals surface area contributed by atoms with E-state index in [1.54, 1.807) is 12.3 Å². The first-order chi connectivity index (χ1) is 13.2. The number of nitrogens with one attached hydrogen (secondary N) is 1. The molecular weight excluding hydrogens is 360 g/mol. The third-order valence-corrected chi connectivity index (χ3v) is 4.79. The maximum atomic E-state index is 12.0. The Morgan fingerprint density at radius 2 is 1.96 bits per heavy atom. The number of nitrogens with zero attached hydrogens (tertiary/aromatic N) is 1. The molecule has 1 N–H and O–H groups in total. The maximum absolute atomic E-state index is 12.0. The molecule has 5 nitrogen and oxygen atoms in total. The van der Waals surface area contributed by atoms with Crippen LogP contribution in [-0.2, 0) is 17.9 Å². The molecule has 0 unspecified atom stereocenters. The normalized spacial score (nSPS) is 10.4. The van der Waals surface area contributed by atoms with Gasteiger partial charge in [-0.2, -0.15) is 0 Å². The van der Waals surface area contributed by atoms with Gasteiger partial charge < -0.3 is 10.1 Å². The molecule has 6 heteroatoms. The number of hydrogen-bond donors (Lipinski definition) is 1. The second-order valence-electron chi connectivity index (χ2n) is 5.93. The van der Waals surface area contributed by atoms with Gasteiger partial charge in [0, 0.05) is 25.6 Å². The summed E-state index contributed by atoms with van der Waals surface area (Å²) in [5.74, 6) is 0.588. The number of aromatic nitrogens is 1. The standard InChI is InChI=1S/C21H20N2O3S/c24-19(20-8-4-12-27-20)9-10-21(25)23-14-16-5-3-7-18(13-16)26-15-17-6-1-2-11-22-17/h1-8,11-13H,9-10,14-15H2,(H,23,25). The van der Waals surface area contributed by atoms with Crippen molar-refractivity contribution >= 4 is 23.0 Å². The van der Waals surface area contributed by atoms with E-state index in [1.165, 1.54) is 11.3 Å². The van der Waals surface area contributed by atoms with Crippen molar-refractivity contribution in [2.75, 3.05) is 0 Å². The zero-order chi connectivity index (χ0) is 18.9. The number of amides is 1. The highest BCUT2D eigenvalue weighted by molar-refractivity contribution is 7.12. The van der Waals surface area contributed by atoms with Crippen molar-refractivity contribution in [3.63, 3.8) is 0 Å². The Morgan fingerprint density at radius 3 is 2.74 bits per heavy atom. The molecule has 27 heavy (non-hydrogen) atoms. The van der Waals surface area contributed by atoms with E-state index in [-0.39, 0.29) is 24.5 Å². The van der Waals surface area contributed by atoms with Crippen molar-refractivity contribution in [3.8, 4) is 5.75 Å². The maximum Gasteiger partial charge on any atom is 0.220 e. The first kappa shape index (κ1) is 18.8. The fraction of sp³-hybridized carbons (Fsp3) is 0.190. The number of ether oxygens (including phenoxy) is 1. The van der Waals surface area contributed by atoms with E-state index in [2.05, 4.69) is 10.3 Å². The summed E-state index contributed by atoms with van der Waals surface area (Å²) < 4.78 is 5.74. The number of carbonyl (C=O) groups is 2. The van der Waals surface area contributed by atoms with Crippen LogP contribution < -0.4 is 10.1 Å². The average Bonchev–Trinajstić information content (AvgIpc) is 3.25. The summed E-state index contributed by atoms with van der Waals surface area (Å²) in [5, 5.41) is 4.70. The lowest BCUT2D eigenvalue weighted by Crippen LogP contribution is -2.23. The average molecular weight is 380 g/mol. The molecule has 0 fully saturated rings. The van der Waals surface area contributed by atoms with Gasteiger partial charge in [-0.3, -0.25) is 14.6 Å². The van der Waals surface area contributed by atoms with E-state index in [4.69, 9.17) is 4.74 Å². The van der Waals surface area contributed by atoms with Gasteiger partial charge >= 0.3 is 0 Å². The highest BCUT2D eigenvalue weighted by Crippen LogP contribution is 2.15. The number of carbonyl (C=O) groups excluding carboxylic acids is 2. The third kappa shape index (κ3) is 6.04. The summed E-state index contributed by atoms with van der Waals surface area (Å²) in [4.78, 5) is 28.8. The summed E-state index contributed by atoms with van der Waals surface area (Å²) in [6, 6.07) is 16.9. The molecule has 0 atom stereocenters. The zero-order valence-corrected chi connectivity index (χ0v) is 15.6. The van der Waals surface area contributed by atoms with Crippen LogP contribution in [0.2, 0.25) is 0 Å². The number of rotatable bonds is 9. The van der Waals surface area contributed by atoms with E-state index in [1.807, 2.05) is 53.9 Å². The second-order valence-corrected chi connectivity index (χ2v) is 6.88. The van der Waals surface area contributed by atoms with Crippen LogP contribution in [0, 0.1) is 0 Å². The van der Waals surface area contributed by atoms with Gasteiger partial charge in [-0.25, -0.2) is 0 Å². The van der Waals surface area contributed by atoms with Crippen LogP contribution in [0.25, 0.3) is 0 Å². The largest absolute Gasteiger partial charge is 0.487 e. The predicted molar refractivity (Wildman–Crippen MR) is 105 cm³/mol. The number of thiophene rings is 1. The number of benzene rings is 1. The highest BCUT2D eigenvalue weighted by atomic mass is 32.1. The van der Waals surface area contributed by atoms with Gasteiger partial charge in [-0.05, 0) is 41.3 Å². The van der Waals surface area contributed by atoms with Crippen molar-refractivity contribution in [2.45, 2.75) is 26.0 Å². The molecule has 2 heterocycles. The van der Waals surface area contributed by atoms with E-state index >= 15 is 0 Å². The monoisotopic (exact) mass is 380 g/mol. The third-order valence-electron chi connectivity index (χ3n) is 3.88. The molecule has 3 rings (SSSR count). The number of hydrogen-bond acceptors (Lipinski definition) is 5. The summed E-state index contributed by atoms with van der Waals surface area (Å²) in [7, 11) is 0. The van der Waals surface area contributed by atoms with Crippen LogP contribution in [0.5, 0.6) is 5.75 Å². The first-order valence-electron chi connectivity index (χ1n) is 8.66. The summed E-state index contributed by atoms with van der Waals surface area (Å²) in [6.45, 7) is 0.786. The number of ketones is 1. The lowest BCUT2D eigenvalue weighted by Gasteiger charge is -2.09. The molecule has 1 aromatic carbocycles. The molecule has 2 aromatic heterocycles. The SMILES string of the molecule is O=C(CCC(=O)c1cccs1)NCc1cccc(OCc2ccccn2)c1. The number of Topliss-reactive ketones (excluding diaryl/α,β-unsaturated/α-hetero) is 1. The van der Waals surface area contributed by atoms with Crippen LogP contribution in [0.1, 0.15) is 33.8 Å². The first-order valence-corrected chi connectivity index (χ1v) is 9.54. The molecule has 0 aliphatic heterocycles. The fourth-order valence-electron chi connectivity index (χ4n) is 2.46. The molecule has 0 aliphatic carbocycles. The van der Waals surface area contributed by atoms with Gasteiger partial charge in [0.05, 0.1) is 10.6 Å². The van der Waals surface area contributed by atoms with Crippen molar-refractivity contribution < 1.29 is 14.3 Å². The van der Waals surface area contributed by atoms with E-state index < -0.39 is 0 Å². The van der Waals surface area contributed by atoms with Gasteiger partial charge in [0.15, 0.2) is 5.78 Å². The fourth-order valence-corrected chi connectivity index (χ4v) is 3.16. The van der Waals surface area contributed by atoms with E-state index in [0.717, 1.165) is 17.0 Å². The minimum atomic E-state index is -0.139. The van der Waals surface area contributed by atoms with Crippen LogP contribution in [0.15, 0.2) is 66.2 Å². The Bertz CT molecular complexity index is 879. The topological polar surface area (TPSA) is 68.3 Å². The van der Waals surface area contributed by atoms with Gasteiger partial charge in [0.2, 0.25) is 5.91 Å². The molecular formula is C21H20N2O3S. The molecule has 0 spiro atoms. The zero-order valence-electron chi connectivity index (χ0n) is 14.8. The molecule has 0 bridgehead atoms. The van der Waals surface area contributed by atoms with Crippen molar-refractivity contribution in [3.05, 3.63) is 82.3 Å². The Balaban J connectivity index is 1.43. The van der Waals surface area contributed by atoms with Gasteiger partial charge in [0.1, 0.15) is 12.4 Å². The Kier molecular flexibility index (Phi) is 6.71. The molecule has 1 amide bonds. The van der Waals surface area contributed by atoms with Gasteiger partial charge in [-0.1, -0.05) is 24.3 Å². The Labute approximate surface area is 162 Å². The lowest BCUT2D eigenvalue weighted by molar-refractivity contribution is -0.121. The summed E-state index contributed by atoms with van der Waals surface area (Å²) in [5.41, 5.74) is 1.79. The lowest BCUT2D eigenvalue weighted by atomic mass is 10.1. The minimum Gasteiger partial charge on any atom is -0.487 e. The minimum absolute atomic E-state index is 0.00469. The Morgan fingerprint density at radius 1 is 1.04 bits per heavy atom. The van der Waals surface area contributed by atoms with Gasteiger partial charge in [0.25, 0.3) is 0 Å². The van der Waals surface area contributed by atoms with Crippen LogP contribution in [-0.4, -0.2) is 16.7 Å². The predicted octanol–water partition coefficient (Wildman–Crippen LogP) is 4.00. The smallest absolute Gasteiger partial charge is 0.220 e.